The molecule has 4 rings (SSSR count). The fourth-order valence-electron chi connectivity index (χ4n) is 3.38. The lowest BCUT2D eigenvalue weighted by molar-refractivity contribution is -0.146. The van der Waals surface area contributed by atoms with E-state index in [0.717, 1.165) is 5.56 Å². The Kier molecular flexibility index (Phi) is 7.79. The van der Waals surface area contributed by atoms with E-state index in [2.05, 4.69) is 0 Å². The van der Waals surface area contributed by atoms with Gasteiger partial charge in [-0.25, -0.2) is 9.59 Å². The van der Waals surface area contributed by atoms with E-state index >= 15 is 0 Å². The number of benzene rings is 4. The summed E-state index contributed by atoms with van der Waals surface area (Å²) in [6.45, 7) is 0.126. The number of hydrogen-bond acceptors (Lipinski definition) is 7. The van der Waals surface area contributed by atoms with Gasteiger partial charge in [-0.1, -0.05) is 42.5 Å². The van der Waals surface area contributed by atoms with Gasteiger partial charge >= 0.3 is 11.9 Å². The number of ether oxygens (including phenoxy) is 3. The average molecular weight is 495 g/mol. The highest BCUT2D eigenvalue weighted by Crippen LogP contribution is 2.31. The van der Waals surface area contributed by atoms with Crippen LogP contribution in [-0.2, 0) is 16.1 Å². The monoisotopic (exact) mass is 494 g/mol. The van der Waals surface area contributed by atoms with Crippen molar-refractivity contribution in [2.75, 3.05) is 0 Å². The Bertz CT molecular complexity index is 1430. The fraction of sp³-hybridized carbons (Fsp3) is 0.0690. The third kappa shape index (κ3) is 6.72. The second kappa shape index (κ2) is 11.5. The maximum Gasteiger partial charge on any atom is 0.335 e. The molecule has 4 aromatic rings. The zero-order chi connectivity index (χ0) is 26.2. The van der Waals surface area contributed by atoms with E-state index in [0.29, 0.717) is 22.6 Å². The van der Waals surface area contributed by atoms with Crippen molar-refractivity contribution >= 4 is 11.9 Å². The summed E-state index contributed by atoms with van der Waals surface area (Å²) in [6, 6.07) is 27.6. The maximum atomic E-state index is 12.4. The van der Waals surface area contributed by atoms with E-state index in [4.69, 9.17) is 25.2 Å². The van der Waals surface area contributed by atoms with Crippen molar-refractivity contribution in [3.05, 3.63) is 119 Å². The van der Waals surface area contributed by atoms with Crippen molar-refractivity contribution < 1.29 is 28.9 Å². The summed E-state index contributed by atoms with van der Waals surface area (Å²) in [5, 5.41) is 18.4. The minimum absolute atomic E-state index is 0.0269. The molecule has 1 unspecified atom stereocenters. The molecule has 3 N–H and O–H groups in total. The van der Waals surface area contributed by atoms with Gasteiger partial charge in [-0.15, -0.1) is 0 Å². The number of carboxylic acid groups (broad SMARTS) is 1. The lowest BCUT2D eigenvalue weighted by atomic mass is 10.1. The van der Waals surface area contributed by atoms with E-state index in [1.807, 2.05) is 36.4 Å². The van der Waals surface area contributed by atoms with Gasteiger partial charge in [0.25, 0.3) is 0 Å². The van der Waals surface area contributed by atoms with Crippen LogP contribution in [-0.4, -0.2) is 17.0 Å². The van der Waals surface area contributed by atoms with Crippen LogP contribution >= 0.6 is 0 Å². The molecule has 0 heterocycles. The minimum Gasteiger partial charge on any atom is -0.478 e. The predicted octanol–water partition coefficient (Wildman–Crippen LogP) is 5.58. The maximum absolute atomic E-state index is 12.4. The van der Waals surface area contributed by atoms with Crippen molar-refractivity contribution in [2.45, 2.75) is 12.6 Å². The first-order valence-electron chi connectivity index (χ1n) is 11.2. The Labute approximate surface area is 213 Å². The molecule has 0 aliphatic carbocycles. The predicted molar refractivity (Wildman–Crippen MR) is 134 cm³/mol. The van der Waals surface area contributed by atoms with Crippen molar-refractivity contribution in [3.63, 3.8) is 0 Å². The van der Waals surface area contributed by atoms with Crippen molar-refractivity contribution in [3.8, 4) is 29.1 Å². The second-order valence-electron chi connectivity index (χ2n) is 7.98. The summed E-state index contributed by atoms with van der Waals surface area (Å²) >= 11 is 0. The van der Waals surface area contributed by atoms with Crippen molar-refractivity contribution in [1.29, 1.82) is 5.26 Å². The molecule has 0 saturated heterocycles. The van der Waals surface area contributed by atoms with E-state index in [1.165, 1.54) is 12.1 Å². The van der Waals surface area contributed by atoms with Crippen LogP contribution in [0.3, 0.4) is 0 Å². The number of hydrogen-bond donors (Lipinski definition) is 2. The van der Waals surface area contributed by atoms with E-state index in [1.54, 1.807) is 54.6 Å². The molecule has 0 aliphatic rings. The SMILES string of the molecule is N#Cc1ccc(Oc2cc(Oc3ccc(C(N)C(=O)OCc4ccccc4)cc3)cc(C(=O)O)c2)cc1. The zero-order valence-electron chi connectivity index (χ0n) is 19.5. The van der Waals surface area contributed by atoms with Crippen LogP contribution in [0, 0.1) is 11.3 Å². The summed E-state index contributed by atoms with van der Waals surface area (Å²) < 4.78 is 16.9. The number of aromatic carboxylic acids is 1. The summed E-state index contributed by atoms with van der Waals surface area (Å²) in [5.41, 5.74) is 7.90. The molecule has 0 bridgehead atoms. The number of carbonyl (C=O) groups is 2. The molecular formula is C29H22N2O6. The van der Waals surface area contributed by atoms with Gasteiger partial charge in [0, 0.05) is 6.07 Å². The van der Waals surface area contributed by atoms with Gasteiger partial charge in [-0.2, -0.15) is 5.26 Å². The summed E-state index contributed by atoms with van der Waals surface area (Å²) in [4.78, 5) is 24.0. The van der Waals surface area contributed by atoms with Crippen LogP contribution in [0.5, 0.6) is 23.0 Å². The topological polar surface area (TPSA) is 132 Å². The van der Waals surface area contributed by atoms with Crippen LogP contribution < -0.4 is 15.2 Å². The molecule has 4 aromatic carbocycles. The summed E-state index contributed by atoms with van der Waals surface area (Å²) in [7, 11) is 0. The third-order valence-electron chi connectivity index (χ3n) is 5.30. The third-order valence-corrected chi connectivity index (χ3v) is 5.30. The minimum atomic E-state index is -1.15. The standard InChI is InChI=1S/C29H22N2O6/c30-17-19-6-10-23(11-7-19)36-25-14-22(28(32)33)15-26(16-25)37-24-12-8-21(9-13-24)27(31)29(34)35-18-20-4-2-1-3-5-20/h1-16,27H,18,31H2,(H,32,33). The Morgan fingerprint density at radius 3 is 1.92 bits per heavy atom. The number of carboxylic acids is 1. The van der Waals surface area contributed by atoms with Crippen molar-refractivity contribution in [1.82, 2.24) is 0 Å². The average Bonchev–Trinajstić information content (AvgIpc) is 2.92. The molecule has 184 valence electrons. The van der Waals surface area contributed by atoms with Gasteiger partial charge in [-0.05, 0) is 59.7 Å². The highest BCUT2D eigenvalue weighted by Gasteiger charge is 2.18. The smallest absolute Gasteiger partial charge is 0.335 e. The quantitative estimate of drug-likeness (QED) is 0.288. The van der Waals surface area contributed by atoms with Crippen LogP contribution in [0.15, 0.2) is 97.1 Å². The normalized spacial score (nSPS) is 11.1. The largest absolute Gasteiger partial charge is 0.478 e. The first-order valence-corrected chi connectivity index (χ1v) is 11.2. The summed E-state index contributed by atoms with van der Waals surface area (Å²) in [5.74, 6) is -0.380. The number of nitrogens with two attached hydrogens (primary N) is 1. The fourth-order valence-corrected chi connectivity index (χ4v) is 3.38. The molecule has 1 atom stereocenters. The molecule has 8 nitrogen and oxygen atoms in total. The molecule has 0 aromatic heterocycles. The van der Waals surface area contributed by atoms with E-state index < -0.39 is 18.0 Å². The zero-order valence-corrected chi connectivity index (χ0v) is 19.5. The van der Waals surface area contributed by atoms with Crippen molar-refractivity contribution in [2.24, 2.45) is 5.73 Å². The molecule has 0 aliphatic heterocycles. The van der Waals surface area contributed by atoms with Crippen LogP contribution in [0.4, 0.5) is 0 Å². The Morgan fingerprint density at radius 1 is 0.811 bits per heavy atom. The molecule has 0 amide bonds. The Morgan fingerprint density at radius 2 is 1.38 bits per heavy atom. The lowest BCUT2D eigenvalue weighted by Gasteiger charge is -2.14. The van der Waals surface area contributed by atoms with Crippen LogP contribution in [0.1, 0.15) is 33.1 Å². The van der Waals surface area contributed by atoms with Gasteiger partial charge in [0.15, 0.2) is 0 Å². The van der Waals surface area contributed by atoms with Gasteiger partial charge in [0.1, 0.15) is 35.6 Å². The summed E-state index contributed by atoms with van der Waals surface area (Å²) in [6.07, 6.45) is 0. The molecule has 37 heavy (non-hydrogen) atoms. The van der Waals surface area contributed by atoms with Crippen LogP contribution in [0.2, 0.25) is 0 Å². The second-order valence-corrected chi connectivity index (χ2v) is 7.98. The number of carbonyl (C=O) groups excluding carboxylic acids is 1. The van der Waals surface area contributed by atoms with Gasteiger partial charge in [0.2, 0.25) is 0 Å². The highest BCUT2D eigenvalue weighted by atomic mass is 16.5. The number of rotatable bonds is 9. The van der Waals surface area contributed by atoms with E-state index in [9.17, 15) is 14.7 Å². The van der Waals surface area contributed by atoms with Gasteiger partial charge in [0.05, 0.1) is 17.2 Å². The molecule has 0 spiro atoms. The Hall–Kier alpha value is -5.13. The van der Waals surface area contributed by atoms with Gasteiger partial charge in [-0.3, -0.25) is 0 Å². The Balaban J connectivity index is 1.44. The molecule has 0 saturated carbocycles. The van der Waals surface area contributed by atoms with Crippen LogP contribution in [0.25, 0.3) is 0 Å². The molecular weight excluding hydrogens is 472 g/mol. The first-order chi connectivity index (χ1) is 17.9. The molecule has 0 radical (unpaired) electrons. The van der Waals surface area contributed by atoms with E-state index in [-0.39, 0.29) is 23.7 Å². The number of nitriles is 1. The highest BCUT2D eigenvalue weighted by molar-refractivity contribution is 5.88. The number of nitrogens with zero attached hydrogens (tertiary/aromatic N) is 1. The molecule has 0 fully saturated rings. The van der Waals surface area contributed by atoms with Gasteiger partial charge < -0.3 is 25.1 Å². The number of esters is 1. The lowest BCUT2D eigenvalue weighted by Crippen LogP contribution is -2.23. The first kappa shape index (κ1) is 25.0. The molecule has 8 heteroatoms.